The van der Waals surface area contributed by atoms with E-state index in [1.54, 1.807) is 0 Å². The summed E-state index contributed by atoms with van der Waals surface area (Å²) in [5.41, 5.74) is 1.35. The van der Waals surface area contributed by atoms with Crippen LogP contribution in [-0.2, 0) is 6.18 Å². The lowest BCUT2D eigenvalue weighted by atomic mass is 9.52. The number of primary amides is 1. The lowest BCUT2D eigenvalue weighted by molar-refractivity contribution is -0.275. The Kier molecular flexibility index (Phi) is 8.74. The van der Waals surface area contributed by atoms with Crippen molar-refractivity contribution in [2.24, 2.45) is 5.73 Å². The highest BCUT2D eigenvalue weighted by molar-refractivity contribution is 6.58. The second kappa shape index (κ2) is 11.4. The molecule has 0 aliphatic carbocycles. The average molecular weight is 595 g/mol. The summed E-state index contributed by atoms with van der Waals surface area (Å²) in [6.45, 7) is 1.36. The van der Waals surface area contributed by atoms with Crippen molar-refractivity contribution in [3.05, 3.63) is 70.5 Å². The van der Waals surface area contributed by atoms with E-state index < -0.39 is 75.4 Å². The number of ether oxygens (including phenoxy) is 3. The van der Waals surface area contributed by atoms with E-state index in [1.165, 1.54) is 6.92 Å². The van der Waals surface area contributed by atoms with Crippen molar-refractivity contribution in [3.63, 3.8) is 0 Å². The van der Waals surface area contributed by atoms with Gasteiger partial charge in [-0.3, -0.25) is 14.6 Å². The molecule has 2 aromatic carbocycles. The third kappa shape index (κ3) is 7.64. The van der Waals surface area contributed by atoms with Gasteiger partial charge in [0.05, 0.1) is 5.56 Å². The van der Waals surface area contributed by atoms with Crippen LogP contribution in [0, 0.1) is 18.6 Å². The molecule has 0 spiro atoms. The first-order chi connectivity index (χ1) is 19.2. The van der Waals surface area contributed by atoms with Gasteiger partial charge in [0.2, 0.25) is 5.82 Å². The molecule has 19 heteroatoms. The van der Waals surface area contributed by atoms with Crippen molar-refractivity contribution >= 4 is 41.0 Å². The third-order valence-electron chi connectivity index (χ3n) is 4.99. The number of halogens is 8. The van der Waals surface area contributed by atoms with E-state index in [2.05, 4.69) is 15.0 Å². The van der Waals surface area contributed by atoms with Crippen LogP contribution in [0.25, 0.3) is 0 Å². The molecular formula is C23H12B3F8N3O5. The summed E-state index contributed by atoms with van der Waals surface area (Å²) in [5, 5.41) is -0.683. The number of amides is 2. The van der Waals surface area contributed by atoms with Crippen LogP contribution in [-0.4, -0.2) is 52.0 Å². The van der Waals surface area contributed by atoms with Crippen LogP contribution in [0.2, 0.25) is 0 Å². The van der Waals surface area contributed by atoms with Crippen LogP contribution in [0.3, 0.4) is 0 Å². The number of aromatic nitrogens is 1. The molecule has 6 radical (unpaired) electrons. The number of rotatable bonds is 8. The monoisotopic (exact) mass is 595 g/mol. The number of anilines is 1. The quantitative estimate of drug-likeness (QED) is 0.298. The molecule has 0 saturated carbocycles. The molecule has 0 unspecified atom stereocenters. The number of nitrogens with zero attached hydrogens (tertiary/aromatic N) is 1. The largest absolute Gasteiger partial charge is 0.573 e. The number of aryl methyl sites for hydroxylation is 1. The van der Waals surface area contributed by atoms with Gasteiger partial charge < -0.3 is 25.3 Å². The summed E-state index contributed by atoms with van der Waals surface area (Å²) in [7, 11) is 15.7. The Morgan fingerprint density at radius 2 is 1.50 bits per heavy atom. The van der Waals surface area contributed by atoms with Gasteiger partial charge in [-0.25, -0.2) is 4.39 Å². The normalized spacial score (nSPS) is 12.0. The molecule has 3 rings (SSSR count). The van der Waals surface area contributed by atoms with Gasteiger partial charge in [-0.1, -0.05) is 0 Å². The Bertz CT molecular complexity index is 1550. The molecule has 0 saturated heterocycles. The van der Waals surface area contributed by atoms with Gasteiger partial charge in [0.15, 0.2) is 23.1 Å². The first-order valence-electron chi connectivity index (χ1n) is 11.0. The van der Waals surface area contributed by atoms with E-state index in [0.29, 0.717) is 18.2 Å². The molecule has 8 nitrogen and oxygen atoms in total. The highest BCUT2D eigenvalue weighted by Gasteiger charge is 2.38. The predicted molar refractivity (Wildman–Crippen MR) is 131 cm³/mol. The van der Waals surface area contributed by atoms with Gasteiger partial charge in [-0.15, -0.1) is 13.2 Å². The van der Waals surface area contributed by atoms with Crippen LogP contribution in [0.15, 0.2) is 36.5 Å². The van der Waals surface area contributed by atoms with Crippen LogP contribution in [0.4, 0.5) is 40.8 Å². The molecular weight excluding hydrogens is 583 g/mol. The number of hydrogen-bond donors (Lipinski definition) is 2. The second-order valence-electron chi connectivity index (χ2n) is 8.31. The highest BCUT2D eigenvalue weighted by atomic mass is 19.4. The van der Waals surface area contributed by atoms with Gasteiger partial charge in [-0.2, -0.15) is 17.6 Å². The van der Waals surface area contributed by atoms with Crippen LogP contribution in [0.1, 0.15) is 32.0 Å². The average Bonchev–Trinajstić information content (AvgIpc) is 2.82. The minimum atomic E-state index is -5.40. The maximum absolute atomic E-state index is 15.2. The Morgan fingerprint density at radius 1 is 0.905 bits per heavy atom. The summed E-state index contributed by atoms with van der Waals surface area (Å²) in [6.07, 6.45) is -9.64. The zero-order valence-corrected chi connectivity index (χ0v) is 20.8. The molecule has 2 amide bonds. The summed E-state index contributed by atoms with van der Waals surface area (Å²) in [5.74, 6) is -11.6. The molecule has 3 N–H and O–H groups in total. The fourth-order valence-electron chi connectivity index (χ4n) is 3.25. The second-order valence-corrected chi connectivity index (χ2v) is 8.31. The number of nitrogens with one attached hydrogen (secondary N) is 1. The first-order valence-corrected chi connectivity index (χ1v) is 11.0. The van der Waals surface area contributed by atoms with Gasteiger partial charge in [0.1, 0.15) is 40.5 Å². The molecule has 0 aliphatic heterocycles. The Labute approximate surface area is 234 Å². The SMILES string of the molecule is [B]C([B])([B])Oc1c(Oc2ccc(C(F)(F)F)c(F)c2C(=O)Nc2cc(C(N)=O)ncc2C)ccc(OC(F)(F)F)c1F. The number of pyridine rings is 1. The van der Waals surface area contributed by atoms with Crippen molar-refractivity contribution in [1.82, 2.24) is 4.98 Å². The number of nitrogens with two attached hydrogens (primary N) is 1. The van der Waals surface area contributed by atoms with E-state index in [1.807, 2.05) is 0 Å². The third-order valence-corrected chi connectivity index (χ3v) is 4.99. The lowest BCUT2D eigenvalue weighted by Gasteiger charge is -2.26. The van der Waals surface area contributed by atoms with Crippen molar-refractivity contribution < 1.29 is 58.9 Å². The number of carbonyl (C=O) groups is 2. The van der Waals surface area contributed by atoms with E-state index >= 15 is 4.39 Å². The summed E-state index contributed by atoms with van der Waals surface area (Å²) < 4.78 is 122. The molecule has 1 aromatic heterocycles. The van der Waals surface area contributed by atoms with E-state index in [0.717, 1.165) is 12.3 Å². The first kappa shape index (κ1) is 32.1. The van der Waals surface area contributed by atoms with Gasteiger partial charge in [0, 0.05) is 11.9 Å². The minimum absolute atomic E-state index is 0.159. The molecule has 214 valence electrons. The van der Waals surface area contributed by atoms with Crippen LogP contribution in [0.5, 0.6) is 23.0 Å². The zero-order valence-electron chi connectivity index (χ0n) is 20.8. The maximum atomic E-state index is 15.2. The van der Waals surface area contributed by atoms with Crippen molar-refractivity contribution in [3.8, 4) is 23.0 Å². The summed E-state index contributed by atoms with van der Waals surface area (Å²) in [6, 6.07) is 2.49. The maximum Gasteiger partial charge on any atom is 0.573 e. The number of hydrogen-bond acceptors (Lipinski definition) is 6. The Hall–Kier alpha value is -4.44. The Morgan fingerprint density at radius 3 is 2.05 bits per heavy atom. The zero-order chi connectivity index (χ0) is 31.8. The number of alkyl halides is 6. The van der Waals surface area contributed by atoms with Gasteiger partial charge >= 0.3 is 12.5 Å². The summed E-state index contributed by atoms with van der Waals surface area (Å²) >= 11 is 0. The smallest absolute Gasteiger partial charge is 0.510 e. The molecule has 0 aliphatic rings. The summed E-state index contributed by atoms with van der Waals surface area (Å²) in [4.78, 5) is 28.2. The van der Waals surface area contributed by atoms with E-state index in [4.69, 9.17) is 38.7 Å². The van der Waals surface area contributed by atoms with Crippen molar-refractivity contribution in [2.75, 3.05) is 5.32 Å². The molecule has 0 bridgehead atoms. The standard InChI is InChI=1S/C23H12B3F8N3O5/c1-8-7-36-11(19(35)38)6-10(8)37-20(39)15-12(3-2-9(16(15)27)21(29,30)31)40-14-5-4-13(41-23(32,33)34)17(28)18(14)42-22(24,25)26/h2-7H,1H3,(H2,35,38)(H,36,37,39). The van der Waals surface area contributed by atoms with E-state index in [-0.39, 0.29) is 23.0 Å². The van der Waals surface area contributed by atoms with E-state index in [9.17, 15) is 40.3 Å². The topological polar surface area (TPSA) is 113 Å². The number of benzene rings is 2. The highest BCUT2D eigenvalue weighted by Crippen LogP contribution is 2.43. The van der Waals surface area contributed by atoms with Crippen molar-refractivity contribution in [1.29, 1.82) is 0 Å². The predicted octanol–water partition coefficient (Wildman–Crippen LogP) is 4.22. The molecule has 42 heavy (non-hydrogen) atoms. The minimum Gasteiger partial charge on any atom is -0.510 e. The number of carbonyl (C=O) groups excluding carboxylic acids is 2. The Balaban J connectivity index is 2.18. The van der Waals surface area contributed by atoms with Crippen LogP contribution < -0.4 is 25.3 Å². The van der Waals surface area contributed by atoms with Gasteiger partial charge in [-0.05, 0) is 48.1 Å². The fourth-order valence-corrected chi connectivity index (χ4v) is 3.25. The van der Waals surface area contributed by atoms with Crippen LogP contribution >= 0.6 is 0 Å². The lowest BCUT2D eigenvalue weighted by Crippen LogP contribution is -2.38. The fraction of sp³-hybridized carbons (Fsp3) is 0.174. The molecule has 1 heterocycles. The molecule has 0 fully saturated rings. The van der Waals surface area contributed by atoms with Crippen molar-refractivity contribution in [2.45, 2.75) is 24.8 Å². The molecule has 3 aromatic rings. The molecule has 0 atom stereocenters. The van der Waals surface area contributed by atoms with Gasteiger partial charge in [0.25, 0.3) is 11.8 Å².